The van der Waals surface area contributed by atoms with Crippen molar-refractivity contribution >= 4 is 51.1 Å². The molecule has 1 heterocycles. The predicted molar refractivity (Wildman–Crippen MR) is 126 cm³/mol. The molecule has 5 aromatic rings. The standard InChI is InChI=1S/C26H17ClN2O2/c27-19-13-9-17(10-14-19)11-16-24(30)28-22-8-4-3-7-21(22)26-29-23-15-12-18-5-1-2-6-20(18)25(23)31-26/h1-16H,(H,28,30). The zero-order valence-electron chi connectivity index (χ0n) is 16.4. The first-order valence-corrected chi connectivity index (χ1v) is 10.2. The highest BCUT2D eigenvalue weighted by molar-refractivity contribution is 6.30. The molecule has 5 rings (SSSR count). The van der Waals surface area contributed by atoms with Crippen LogP contribution in [0.25, 0.3) is 39.4 Å². The largest absolute Gasteiger partial charge is 0.435 e. The summed E-state index contributed by atoms with van der Waals surface area (Å²) in [6.45, 7) is 0. The fraction of sp³-hybridized carbons (Fsp3) is 0. The molecule has 1 amide bonds. The summed E-state index contributed by atoms with van der Waals surface area (Å²) in [4.78, 5) is 17.2. The van der Waals surface area contributed by atoms with E-state index in [0.29, 0.717) is 16.6 Å². The number of oxazole rings is 1. The van der Waals surface area contributed by atoms with Crippen molar-refractivity contribution in [1.82, 2.24) is 4.98 Å². The molecule has 0 spiro atoms. The number of aromatic nitrogens is 1. The number of hydrogen-bond acceptors (Lipinski definition) is 3. The lowest BCUT2D eigenvalue weighted by atomic mass is 10.1. The maximum Gasteiger partial charge on any atom is 0.248 e. The number of anilines is 1. The van der Waals surface area contributed by atoms with E-state index < -0.39 is 0 Å². The van der Waals surface area contributed by atoms with Crippen molar-refractivity contribution in [3.05, 3.63) is 102 Å². The molecule has 0 radical (unpaired) electrons. The number of nitrogens with zero attached hydrogens (tertiary/aromatic N) is 1. The Hall–Kier alpha value is -3.89. The second-order valence-electron chi connectivity index (χ2n) is 7.07. The zero-order valence-corrected chi connectivity index (χ0v) is 17.1. The van der Waals surface area contributed by atoms with Crippen molar-refractivity contribution in [2.45, 2.75) is 0 Å². The first-order chi connectivity index (χ1) is 15.2. The first kappa shape index (κ1) is 19.1. The number of benzene rings is 4. The molecule has 31 heavy (non-hydrogen) atoms. The predicted octanol–water partition coefficient (Wildman–Crippen LogP) is 6.95. The van der Waals surface area contributed by atoms with Gasteiger partial charge in [-0.3, -0.25) is 4.79 Å². The molecule has 5 heteroatoms. The van der Waals surface area contributed by atoms with Gasteiger partial charge in [-0.25, -0.2) is 4.98 Å². The lowest BCUT2D eigenvalue weighted by Gasteiger charge is -2.06. The van der Waals surface area contributed by atoms with Crippen LogP contribution in [0, 0.1) is 0 Å². The van der Waals surface area contributed by atoms with Crippen LogP contribution >= 0.6 is 11.6 Å². The Morgan fingerprint density at radius 3 is 2.55 bits per heavy atom. The summed E-state index contributed by atoms with van der Waals surface area (Å²) in [6.07, 6.45) is 3.22. The Kier molecular flexibility index (Phi) is 4.98. The number of rotatable bonds is 4. The Morgan fingerprint density at radius 1 is 0.903 bits per heavy atom. The van der Waals surface area contributed by atoms with Crippen LogP contribution in [0.2, 0.25) is 5.02 Å². The van der Waals surface area contributed by atoms with Gasteiger partial charge in [0, 0.05) is 16.5 Å². The Labute approximate surface area is 183 Å². The van der Waals surface area contributed by atoms with Crippen molar-refractivity contribution in [3.63, 3.8) is 0 Å². The van der Waals surface area contributed by atoms with Crippen molar-refractivity contribution in [2.24, 2.45) is 0 Å². The van der Waals surface area contributed by atoms with Gasteiger partial charge in [-0.1, -0.05) is 66.2 Å². The number of carbonyl (C=O) groups excluding carboxylic acids is 1. The van der Waals surface area contributed by atoms with Crippen LogP contribution in [0.15, 0.2) is 95.4 Å². The molecule has 0 atom stereocenters. The number of halogens is 1. The zero-order chi connectivity index (χ0) is 21.2. The summed E-state index contributed by atoms with van der Waals surface area (Å²) in [5.41, 5.74) is 3.74. The van der Waals surface area contributed by atoms with Gasteiger partial charge < -0.3 is 9.73 Å². The van der Waals surface area contributed by atoms with Crippen LogP contribution in [-0.4, -0.2) is 10.9 Å². The average molecular weight is 425 g/mol. The van der Waals surface area contributed by atoms with E-state index in [9.17, 15) is 4.79 Å². The van der Waals surface area contributed by atoms with Gasteiger partial charge >= 0.3 is 0 Å². The summed E-state index contributed by atoms with van der Waals surface area (Å²) in [7, 11) is 0. The van der Waals surface area contributed by atoms with Gasteiger partial charge in [0.15, 0.2) is 5.58 Å². The monoisotopic (exact) mass is 424 g/mol. The van der Waals surface area contributed by atoms with Gasteiger partial charge in [0.05, 0.1) is 11.3 Å². The number of nitrogens with one attached hydrogen (secondary N) is 1. The normalized spacial score (nSPS) is 11.4. The molecular weight excluding hydrogens is 408 g/mol. The van der Waals surface area contributed by atoms with E-state index in [0.717, 1.165) is 33.0 Å². The molecule has 1 aromatic heterocycles. The van der Waals surface area contributed by atoms with Gasteiger partial charge in [-0.05, 0) is 47.4 Å². The molecular formula is C26H17ClN2O2. The molecule has 4 nitrogen and oxygen atoms in total. The smallest absolute Gasteiger partial charge is 0.248 e. The maximum atomic E-state index is 12.5. The molecule has 0 fully saturated rings. The lowest BCUT2D eigenvalue weighted by Crippen LogP contribution is -2.08. The summed E-state index contributed by atoms with van der Waals surface area (Å²) in [5, 5.41) is 5.67. The van der Waals surface area contributed by atoms with Crippen LogP contribution in [-0.2, 0) is 4.79 Å². The van der Waals surface area contributed by atoms with Crippen molar-refractivity contribution < 1.29 is 9.21 Å². The summed E-state index contributed by atoms with van der Waals surface area (Å²) in [6, 6.07) is 26.7. The molecule has 150 valence electrons. The lowest BCUT2D eigenvalue weighted by molar-refractivity contribution is -0.111. The van der Waals surface area contributed by atoms with Gasteiger partial charge in [-0.15, -0.1) is 0 Å². The topological polar surface area (TPSA) is 55.1 Å². The first-order valence-electron chi connectivity index (χ1n) is 9.80. The van der Waals surface area contributed by atoms with Crippen molar-refractivity contribution in [1.29, 1.82) is 0 Å². The summed E-state index contributed by atoms with van der Waals surface area (Å²) >= 11 is 5.90. The highest BCUT2D eigenvalue weighted by Gasteiger charge is 2.14. The van der Waals surface area contributed by atoms with E-state index >= 15 is 0 Å². The highest BCUT2D eigenvalue weighted by atomic mass is 35.5. The third-order valence-corrected chi connectivity index (χ3v) is 5.24. The number of carbonyl (C=O) groups is 1. The number of hydrogen-bond donors (Lipinski definition) is 1. The Balaban J connectivity index is 1.46. The molecule has 0 bridgehead atoms. The minimum atomic E-state index is -0.246. The van der Waals surface area contributed by atoms with Crippen LogP contribution in [0.1, 0.15) is 5.56 Å². The van der Waals surface area contributed by atoms with Crippen LogP contribution in [0.5, 0.6) is 0 Å². The van der Waals surface area contributed by atoms with E-state index in [1.165, 1.54) is 6.08 Å². The van der Waals surface area contributed by atoms with Crippen molar-refractivity contribution in [3.8, 4) is 11.5 Å². The third-order valence-electron chi connectivity index (χ3n) is 4.99. The number of para-hydroxylation sites is 1. The van der Waals surface area contributed by atoms with Gasteiger partial charge in [0.1, 0.15) is 5.52 Å². The second-order valence-corrected chi connectivity index (χ2v) is 7.51. The molecule has 0 saturated heterocycles. The minimum absolute atomic E-state index is 0.246. The fourth-order valence-corrected chi connectivity index (χ4v) is 3.60. The summed E-state index contributed by atoms with van der Waals surface area (Å²) < 4.78 is 6.14. The number of fused-ring (bicyclic) bond motifs is 3. The minimum Gasteiger partial charge on any atom is -0.435 e. The van der Waals surface area contributed by atoms with Crippen LogP contribution in [0.3, 0.4) is 0 Å². The van der Waals surface area contributed by atoms with Gasteiger partial charge in [0.2, 0.25) is 11.8 Å². The number of amides is 1. The van der Waals surface area contributed by atoms with E-state index in [4.69, 9.17) is 16.0 Å². The van der Waals surface area contributed by atoms with E-state index in [1.54, 1.807) is 18.2 Å². The van der Waals surface area contributed by atoms with Crippen molar-refractivity contribution in [2.75, 3.05) is 5.32 Å². The molecule has 1 N–H and O–H groups in total. The quantitative estimate of drug-likeness (QED) is 0.317. The average Bonchev–Trinajstić information content (AvgIpc) is 3.24. The van der Waals surface area contributed by atoms with Gasteiger partial charge in [-0.2, -0.15) is 0 Å². The Morgan fingerprint density at radius 2 is 1.68 bits per heavy atom. The second kappa shape index (κ2) is 8.09. The molecule has 0 unspecified atom stereocenters. The van der Waals surface area contributed by atoms with Crippen LogP contribution in [0.4, 0.5) is 5.69 Å². The fourth-order valence-electron chi connectivity index (χ4n) is 3.47. The third kappa shape index (κ3) is 3.93. The van der Waals surface area contributed by atoms with Crippen LogP contribution < -0.4 is 5.32 Å². The summed E-state index contributed by atoms with van der Waals surface area (Å²) in [5.74, 6) is 0.216. The van der Waals surface area contributed by atoms with Gasteiger partial charge in [0.25, 0.3) is 0 Å². The molecule has 0 aliphatic heterocycles. The maximum absolute atomic E-state index is 12.5. The molecule has 0 aliphatic rings. The molecule has 4 aromatic carbocycles. The Bertz CT molecular complexity index is 1440. The van der Waals surface area contributed by atoms with E-state index in [2.05, 4.69) is 10.3 Å². The molecule has 0 saturated carbocycles. The SMILES string of the molecule is O=C(C=Cc1ccc(Cl)cc1)Nc1ccccc1-c1nc2ccc3ccccc3c2o1. The van der Waals surface area contributed by atoms with E-state index in [1.807, 2.05) is 72.8 Å². The highest BCUT2D eigenvalue weighted by Crippen LogP contribution is 2.33. The molecule has 0 aliphatic carbocycles. The van der Waals surface area contributed by atoms with E-state index in [-0.39, 0.29) is 5.91 Å².